The zero-order chi connectivity index (χ0) is 22.9. The van der Waals surface area contributed by atoms with Gasteiger partial charge in [-0.25, -0.2) is 9.97 Å². The Morgan fingerprint density at radius 1 is 1.33 bits per heavy atom. The van der Waals surface area contributed by atoms with E-state index in [2.05, 4.69) is 32.4 Å². The molecule has 0 fully saturated rings. The number of alkyl halides is 1. The van der Waals surface area contributed by atoms with Gasteiger partial charge < -0.3 is 15.0 Å². The summed E-state index contributed by atoms with van der Waals surface area (Å²) in [6, 6.07) is 4.12. The monoisotopic (exact) mass is 483 g/mol. The molecule has 1 aliphatic carbocycles. The number of ether oxygens (including phenoxy) is 1. The number of nitrogens with one attached hydrogen (secondary N) is 1. The van der Waals surface area contributed by atoms with Crippen molar-refractivity contribution < 1.29 is 9.53 Å². The summed E-state index contributed by atoms with van der Waals surface area (Å²) in [6.07, 6.45) is 6.71. The number of carbonyl (C=O) groups excluding carboxylic acids is 1. The van der Waals surface area contributed by atoms with Crippen molar-refractivity contribution in [1.82, 2.24) is 14.9 Å². The zero-order valence-electron chi connectivity index (χ0n) is 18.7. The van der Waals surface area contributed by atoms with Crippen LogP contribution in [-0.4, -0.2) is 53.6 Å². The predicted octanol–water partition coefficient (Wildman–Crippen LogP) is 4.57. The molecule has 0 bridgehead atoms. The first-order chi connectivity index (χ1) is 16.0. The van der Waals surface area contributed by atoms with Gasteiger partial charge in [-0.3, -0.25) is 9.79 Å². The highest BCUT2D eigenvalue weighted by atomic mass is 35.5. The SMILES string of the molecule is CN(C)C(=O)[C@H]1CCc2c(sc3ncnc(Nc4cc5c(cc4OCCCCl)CN=C5)c23)C1. The number of carbonyl (C=O) groups is 1. The molecule has 1 amide bonds. The van der Waals surface area contributed by atoms with Crippen molar-refractivity contribution in [3.63, 3.8) is 0 Å². The molecule has 0 saturated heterocycles. The van der Waals surface area contributed by atoms with Gasteiger partial charge in [-0.15, -0.1) is 22.9 Å². The number of aryl methyl sites for hydroxylation is 1. The minimum Gasteiger partial charge on any atom is -0.491 e. The quantitative estimate of drug-likeness (QED) is 0.393. The smallest absolute Gasteiger partial charge is 0.225 e. The summed E-state index contributed by atoms with van der Waals surface area (Å²) >= 11 is 7.51. The number of amides is 1. The number of benzene rings is 1. The van der Waals surface area contributed by atoms with Crippen molar-refractivity contribution in [1.29, 1.82) is 0 Å². The standard InChI is InChI=1S/C24H26ClN5O2S/c1-30(2)24(31)14-4-5-17-20(10-14)33-23-21(17)22(27-13-28-23)29-18-8-15-11-26-12-16(15)9-19(18)32-7-3-6-25/h8-9,11,13-14H,3-7,10,12H2,1-2H3,(H,27,28,29)/t14-/m0/s1. The second-order valence-corrected chi connectivity index (χ2v) is 10.1. The number of rotatable bonds is 7. The molecular formula is C24H26ClN5O2S. The molecule has 1 aromatic carbocycles. The number of hydrogen-bond acceptors (Lipinski definition) is 7. The maximum absolute atomic E-state index is 12.5. The number of fused-ring (bicyclic) bond motifs is 4. The topological polar surface area (TPSA) is 79.7 Å². The summed E-state index contributed by atoms with van der Waals surface area (Å²) in [4.78, 5) is 29.9. The van der Waals surface area contributed by atoms with Crippen molar-refractivity contribution in [2.45, 2.75) is 32.2 Å². The van der Waals surface area contributed by atoms with E-state index in [0.29, 0.717) is 19.0 Å². The molecule has 2 aromatic heterocycles. The van der Waals surface area contributed by atoms with Gasteiger partial charge in [0.15, 0.2) is 0 Å². The van der Waals surface area contributed by atoms with Gasteiger partial charge in [-0.2, -0.15) is 0 Å². The van der Waals surface area contributed by atoms with Crippen LogP contribution in [0.2, 0.25) is 0 Å². The Kier molecular flexibility index (Phi) is 6.21. The van der Waals surface area contributed by atoms with Crippen molar-refractivity contribution in [2.24, 2.45) is 10.9 Å². The third kappa shape index (κ3) is 4.29. The normalized spacial score (nSPS) is 16.5. The first-order valence-electron chi connectivity index (χ1n) is 11.1. The fraction of sp³-hybridized carbons (Fsp3) is 0.417. The Morgan fingerprint density at radius 3 is 3.03 bits per heavy atom. The van der Waals surface area contributed by atoms with Gasteiger partial charge in [0.1, 0.15) is 22.7 Å². The Hall–Kier alpha value is -2.71. The lowest BCUT2D eigenvalue weighted by atomic mass is 9.87. The minimum absolute atomic E-state index is 0.0304. The summed E-state index contributed by atoms with van der Waals surface area (Å²) in [5, 5.41) is 4.57. The van der Waals surface area contributed by atoms with Gasteiger partial charge in [-0.1, -0.05) is 0 Å². The van der Waals surface area contributed by atoms with Gasteiger partial charge in [0.25, 0.3) is 0 Å². The highest BCUT2D eigenvalue weighted by Gasteiger charge is 2.30. The number of halogens is 1. The van der Waals surface area contributed by atoms with Crippen LogP contribution in [-0.2, 0) is 24.2 Å². The zero-order valence-corrected chi connectivity index (χ0v) is 20.3. The van der Waals surface area contributed by atoms with E-state index < -0.39 is 0 Å². The van der Waals surface area contributed by atoms with E-state index >= 15 is 0 Å². The van der Waals surface area contributed by atoms with E-state index in [9.17, 15) is 4.79 Å². The first kappa shape index (κ1) is 22.1. The molecule has 0 unspecified atom stereocenters. The molecule has 7 nitrogen and oxygen atoms in total. The number of anilines is 2. The van der Waals surface area contributed by atoms with Crippen molar-refractivity contribution in [2.75, 3.05) is 31.9 Å². The van der Waals surface area contributed by atoms with Crippen LogP contribution in [0.15, 0.2) is 23.5 Å². The van der Waals surface area contributed by atoms with Gasteiger partial charge in [-0.05, 0) is 54.5 Å². The Labute approximate surface area is 201 Å². The number of aromatic nitrogens is 2. The van der Waals surface area contributed by atoms with Crippen LogP contribution in [0.3, 0.4) is 0 Å². The molecule has 5 rings (SSSR count). The second kappa shape index (κ2) is 9.27. The predicted molar refractivity (Wildman–Crippen MR) is 133 cm³/mol. The summed E-state index contributed by atoms with van der Waals surface area (Å²) in [7, 11) is 3.65. The fourth-order valence-electron chi connectivity index (χ4n) is 4.50. The highest BCUT2D eigenvalue weighted by Crippen LogP contribution is 2.42. The molecule has 1 atom stereocenters. The fourth-order valence-corrected chi connectivity index (χ4v) is 5.88. The number of aliphatic imine (C=N–C) groups is 1. The van der Waals surface area contributed by atoms with Crippen molar-refractivity contribution >= 4 is 56.8 Å². The third-order valence-corrected chi connectivity index (χ3v) is 7.59. The number of hydrogen-bond donors (Lipinski definition) is 1. The van der Waals surface area contributed by atoms with E-state index in [1.807, 2.05) is 20.3 Å². The van der Waals surface area contributed by atoms with Gasteiger partial charge in [0, 0.05) is 37.0 Å². The summed E-state index contributed by atoms with van der Waals surface area (Å²) < 4.78 is 6.06. The van der Waals surface area contributed by atoms with Crippen molar-refractivity contribution in [3.05, 3.63) is 40.0 Å². The summed E-state index contributed by atoms with van der Waals surface area (Å²) in [5.74, 6) is 2.33. The van der Waals surface area contributed by atoms with Gasteiger partial charge >= 0.3 is 0 Å². The molecule has 3 heterocycles. The molecule has 1 aliphatic heterocycles. The van der Waals surface area contributed by atoms with Crippen LogP contribution in [0.1, 0.15) is 34.4 Å². The second-order valence-electron chi connectivity index (χ2n) is 8.61. The Balaban J connectivity index is 1.49. The van der Waals surface area contributed by atoms with Gasteiger partial charge in [0.05, 0.1) is 24.2 Å². The maximum atomic E-state index is 12.5. The molecule has 0 spiro atoms. The molecule has 2 aliphatic rings. The summed E-state index contributed by atoms with van der Waals surface area (Å²) in [5.41, 5.74) is 4.35. The Bertz CT molecular complexity index is 1240. The van der Waals surface area contributed by atoms with E-state index in [0.717, 1.165) is 64.3 Å². The van der Waals surface area contributed by atoms with E-state index in [1.165, 1.54) is 10.4 Å². The lowest BCUT2D eigenvalue weighted by Gasteiger charge is -2.24. The van der Waals surface area contributed by atoms with Crippen molar-refractivity contribution in [3.8, 4) is 5.75 Å². The molecule has 0 radical (unpaired) electrons. The maximum Gasteiger partial charge on any atom is 0.225 e. The average Bonchev–Trinajstić information content (AvgIpc) is 3.42. The molecule has 0 saturated carbocycles. The molecule has 3 aromatic rings. The number of thiophene rings is 1. The largest absolute Gasteiger partial charge is 0.491 e. The minimum atomic E-state index is 0.0304. The van der Waals surface area contributed by atoms with Crippen LogP contribution in [0, 0.1) is 5.92 Å². The van der Waals surface area contributed by atoms with Crippen LogP contribution < -0.4 is 10.1 Å². The lowest BCUT2D eigenvalue weighted by Crippen LogP contribution is -2.32. The van der Waals surface area contributed by atoms with E-state index in [1.54, 1.807) is 22.6 Å². The molecule has 33 heavy (non-hydrogen) atoms. The highest BCUT2D eigenvalue weighted by molar-refractivity contribution is 7.19. The van der Waals surface area contributed by atoms with E-state index in [-0.39, 0.29) is 11.8 Å². The average molecular weight is 484 g/mol. The van der Waals surface area contributed by atoms with Crippen LogP contribution in [0.25, 0.3) is 10.2 Å². The lowest BCUT2D eigenvalue weighted by molar-refractivity contribution is -0.133. The Morgan fingerprint density at radius 2 is 2.21 bits per heavy atom. The van der Waals surface area contributed by atoms with Gasteiger partial charge in [0.2, 0.25) is 5.91 Å². The molecule has 9 heteroatoms. The van der Waals surface area contributed by atoms with Crippen LogP contribution in [0.4, 0.5) is 11.5 Å². The van der Waals surface area contributed by atoms with Crippen LogP contribution in [0.5, 0.6) is 5.75 Å². The van der Waals surface area contributed by atoms with Crippen LogP contribution >= 0.6 is 22.9 Å². The third-order valence-electron chi connectivity index (χ3n) is 6.16. The first-order valence-corrected chi connectivity index (χ1v) is 12.5. The number of nitrogens with zero attached hydrogens (tertiary/aromatic N) is 4. The van der Waals surface area contributed by atoms with E-state index in [4.69, 9.17) is 16.3 Å². The molecular weight excluding hydrogens is 458 g/mol. The molecule has 172 valence electrons. The molecule has 1 N–H and O–H groups in total. The summed E-state index contributed by atoms with van der Waals surface area (Å²) in [6.45, 7) is 1.22.